The van der Waals surface area contributed by atoms with Crippen LogP contribution in [0.5, 0.6) is 0 Å². The number of esters is 1. The van der Waals surface area contributed by atoms with E-state index >= 15 is 0 Å². The number of hydrogen-bond donors (Lipinski definition) is 0. The molecule has 3 saturated carbocycles. The van der Waals surface area contributed by atoms with E-state index in [1.54, 1.807) is 0 Å². The highest BCUT2D eigenvalue weighted by atomic mass is 16.8. The van der Waals surface area contributed by atoms with E-state index in [2.05, 4.69) is 26.5 Å². The van der Waals surface area contributed by atoms with E-state index in [0.29, 0.717) is 23.5 Å². The van der Waals surface area contributed by atoms with Crippen molar-refractivity contribution in [1.29, 1.82) is 0 Å². The highest BCUT2D eigenvalue weighted by Gasteiger charge is 2.69. The van der Waals surface area contributed by atoms with Gasteiger partial charge < -0.3 is 14.2 Å². The molecule has 7 atom stereocenters. The van der Waals surface area contributed by atoms with Crippen molar-refractivity contribution < 1.29 is 23.8 Å². The van der Waals surface area contributed by atoms with E-state index in [1.807, 2.05) is 0 Å². The number of carbonyl (C=O) groups is 2. The first kappa shape index (κ1) is 19.2. The molecular formula is C24H32O5. The van der Waals surface area contributed by atoms with Gasteiger partial charge in [-0.05, 0) is 68.1 Å². The van der Waals surface area contributed by atoms with Crippen LogP contribution in [-0.2, 0) is 19.0 Å². The molecule has 5 heteroatoms. The topological polar surface area (TPSA) is 61.8 Å². The molecule has 158 valence electrons. The Morgan fingerprint density at radius 1 is 1.17 bits per heavy atom. The highest BCUT2D eigenvalue weighted by molar-refractivity contribution is 5.67. The Balaban J connectivity index is 1.44. The second-order valence-electron chi connectivity index (χ2n) is 10.4. The molecule has 1 saturated heterocycles. The van der Waals surface area contributed by atoms with Gasteiger partial charge in [0, 0.05) is 18.8 Å². The summed E-state index contributed by atoms with van der Waals surface area (Å²) in [6.45, 7) is 10.3. The van der Waals surface area contributed by atoms with Gasteiger partial charge in [-0.3, -0.25) is 4.79 Å². The number of fused-ring (bicyclic) bond motifs is 6. The Labute approximate surface area is 172 Å². The summed E-state index contributed by atoms with van der Waals surface area (Å²) in [6, 6.07) is 0. The maximum Gasteiger partial charge on any atom is 0.514 e. The summed E-state index contributed by atoms with van der Waals surface area (Å²) < 4.78 is 16.7. The zero-order chi connectivity index (χ0) is 20.6. The van der Waals surface area contributed by atoms with E-state index in [0.717, 1.165) is 51.4 Å². The van der Waals surface area contributed by atoms with E-state index in [4.69, 9.17) is 14.2 Å². The zero-order valence-electron chi connectivity index (χ0n) is 17.8. The second kappa shape index (κ2) is 6.12. The molecule has 1 heterocycles. The normalized spacial score (nSPS) is 48.2. The predicted octanol–water partition coefficient (Wildman–Crippen LogP) is 5.30. The SMILES string of the molecule is C=C1OC(=O)OC12CC[C@H]1[C@@H]3CC=C4C[C@H](OC(C)=O)CC[C@]4(C)[C@H]3CC[C@@]12C. The average molecular weight is 401 g/mol. The number of cyclic esters (lactones) is 1. The van der Waals surface area contributed by atoms with Gasteiger partial charge in [-0.25, -0.2) is 4.79 Å². The molecule has 0 aromatic carbocycles. The van der Waals surface area contributed by atoms with Crippen LogP contribution in [-0.4, -0.2) is 23.8 Å². The Bertz CT molecular complexity index is 814. The molecule has 0 bridgehead atoms. The van der Waals surface area contributed by atoms with Crippen LogP contribution >= 0.6 is 0 Å². The van der Waals surface area contributed by atoms with Crippen molar-refractivity contribution in [1.82, 2.24) is 0 Å². The van der Waals surface area contributed by atoms with Gasteiger partial charge in [0.15, 0.2) is 5.60 Å². The van der Waals surface area contributed by atoms with E-state index in [-0.39, 0.29) is 22.9 Å². The lowest BCUT2D eigenvalue weighted by Gasteiger charge is -2.58. The highest BCUT2D eigenvalue weighted by Crippen LogP contribution is 2.69. The van der Waals surface area contributed by atoms with Crippen LogP contribution in [0.15, 0.2) is 24.0 Å². The average Bonchev–Trinajstić information content (AvgIpc) is 3.11. The summed E-state index contributed by atoms with van der Waals surface area (Å²) in [5, 5.41) is 0. The lowest BCUT2D eigenvalue weighted by Crippen LogP contribution is -2.55. The quantitative estimate of drug-likeness (QED) is 0.441. The Morgan fingerprint density at radius 2 is 1.93 bits per heavy atom. The molecule has 4 aliphatic carbocycles. The minimum atomic E-state index is -0.641. The first-order valence-electron chi connectivity index (χ1n) is 11.2. The number of carbonyl (C=O) groups excluding carboxylic acids is 2. The van der Waals surface area contributed by atoms with E-state index in [9.17, 15) is 9.59 Å². The monoisotopic (exact) mass is 400 g/mol. The summed E-state index contributed by atoms with van der Waals surface area (Å²) in [4.78, 5) is 23.3. The first-order valence-corrected chi connectivity index (χ1v) is 11.2. The molecular weight excluding hydrogens is 368 g/mol. The Kier molecular flexibility index (Phi) is 4.05. The van der Waals surface area contributed by atoms with E-state index in [1.165, 1.54) is 12.5 Å². The van der Waals surface area contributed by atoms with Gasteiger partial charge in [-0.1, -0.05) is 32.1 Å². The van der Waals surface area contributed by atoms with Crippen molar-refractivity contribution in [2.45, 2.75) is 83.8 Å². The molecule has 5 aliphatic rings. The van der Waals surface area contributed by atoms with Crippen LogP contribution in [0.3, 0.4) is 0 Å². The number of rotatable bonds is 1. The molecule has 5 nitrogen and oxygen atoms in total. The molecule has 5 rings (SSSR count). The minimum absolute atomic E-state index is 0.0327. The molecule has 0 aromatic heterocycles. The smallest absolute Gasteiger partial charge is 0.462 e. The van der Waals surface area contributed by atoms with Crippen LogP contribution < -0.4 is 0 Å². The third-order valence-electron chi connectivity index (χ3n) is 9.43. The van der Waals surface area contributed by atoms with Crippen molar-refractivity contribution in [3.8, 4) is 0 Å². The van der Waals surface area contributed by atoms with Crippen molar-refractivity contribution in [3.63, 3.8) is 0 Å². The lowest BCUT2D eigenvalue weighted by molar-refractivity contribution is -0.149. The third kappa shape index (κ3) is 2.45. The fourth-order valence-electron chi connectivity index (χ4n) is 7.99. The molecule has 4 fully saturated rings. The van der Waals surface area contributed by atoms with Gasteiger partial charge in [-0.2, -0.15) is 0 Å². The molecule has 1 spiro atoms. The number of hydrogen-bond acceptors (Lipinski definition) is 5. The maximum absolute atomic E-state index is 11.9. The summed E-state index contributed by atoms with van der Waals surface area (Å²) in [5.41, 5.74) is 0.940. The van der Waals surface area contributed by atoms with E-state index < -0.39 is 11.8 Å². The van der Waals surface area contributed by atoms with Crippen LogP contribution in [0.25, 0.3) is 0 Å². The molecule has 1 unspecified atom stereocenters. The van der Waals surface area contributed by atoms with Gasteiger partial charge in [0.2, 0.25) is 0 Å². The summed E-state index contributed by atoms with van der Waals surface area (Å²) in [6.07, 6.45) is 9.92. The summed E-state index contributed by atoms with van der Waals surface area (Å²) in [5.74, 6) is 2.09. The van der Waals surface area contributed by atoms with Crippen LogP contribution in [0.1, 0.15) is 72.1 Å². The summed E-state index contributed by atoms with van der Waals surface area (Å²) in [7, 11) is 0. The van der Waals surface area contributed by atoms with Gasteiger partial charge in [0.05, 0.1) is 0 Å². The van der Waals surface area contributed by atoms with Crippen LogP contribution in [0.4, 0.5) is 4.79 Å². The molecule has 1 aliphatic heterocycles. The summed E-state index contributed by atoms with van der Waals surface area (Å²) >= 11 is 0. The van der Waals surface area contributed by atoms with Crippen LogP contribution in [0, 0.1) is 28.6 Å². The predicted molar refractivity (Wildman–Crippen MR) is 107 cm³/mol. The lowest BCUT2D eigenvalue weighted by atomic mass is 9.47. The molecule has 0 N–H and O–H groups in total. The number of ether oxygens (including phenoxy) is 3. The van der Waals surface area contributed by atoms with Gasteiger partial charge in [-0.15, -0.1) is 0 Å². The fraction of sp³-hybridized carbons (Fsp3) is 0.750. The molecule has 0 amide bonds. The third-order valence-corrected chi connectivity index (χ3v) is 9.43. The second-order valence-corrected chi connectivity index (χ2v) is 10.4. The zero-order valence-corrected chi connectivity index (χ0v) is 17.8. The van der Waals surface area contributed by atoms with Gasteiger partial charge in [0.1, 0.15) is 11.9 Å². The Morgan fingerprint density at radius 3 is 2.62 bits per heavy atom. The standard InChI is InChI=1S/C24H32O5/c1-14-24(29-21(26)27-14)12-9-20-18-6-5-16-13-17(28-15(2)25)7-10-22(16,3)19(18)8-11-23(20,24)4/h5,17-20H,1,6-13H2,2-4H3/t17-,18-,19+,20+,22+,23+,24?/m1/s1. The molecule has 29 heavy (non-hydrogen) atoms. The molecule has 0 radical (unpaired) electrons. The Hall–Kier alpha value is -1.78. The molecule has 0 aromatic rings. The van der Waals surface area contributed by atoms with Crippen molar-refractivity contribution in [2.24, 2.45) is 28.6 Å². The maximum atomic E-state index is 11.9. The minimum Gasteiger partial charge on any atom is -0.462 e. The van der Waals surface area contributed by atoms with Crippen molar-refractivity contribution in [3.05, 3.63) is 24.0 Å². The van der Waals surface area contributed by atoms with Crippen molar-refractivity contribution >= 4 is 12.1 Å². The first-order chi connectivity index (χ1) is 13.7. The van der Waals surface area contributed by atoms with Gasteiger partial charge in [0.25, 0.3) is 0 Å². The largest absolute Gasteiger partial charge is 0.514 e. The van der Waals surface area contributed by atoms with Gasteiger partial charge >= 0.3 is 12.1 Å². The van der Waals surface area contributed by atoms with Crippen molar-refractivity contribution in [2.75, 3.05) is 0 Å². The van der Waals surface area contributed by atoms with Crippen LogP contribution in [0.2, 0.25) is 0 Å². The fourth-order valence-corrected chi connectivity index (χ4v) is 7.99. The number of allylic oxidation sites excluding steroid dienone is 1.